The molecule has 1 N–H and O–H groups in total. The smallest absolute Gasteiger partial charge is 0.231 e. The van der Waals surface area contributed by atoms with E-state index in [0.29, 0.717) is 5.95 Å². The number of hydrogen-bond donors (Lipinski definition) is 1. The van der Waals surface area contributed by atoms with Crippen LogP contribution in [-0.2, 0) is 6.42 Å². The van der Waals surface area contributed by atoms with Crippen molar-refractivity contribution in [2.24, 2.45) is 0 Å². The Morgan fingerprint density at radius 3 is 2.85 bits per heavy atom. The Hall–Kier alpha value is -3.28. The number of fused-ring (bicyclic) bond motifs is 2. The maximum Gasteiger partial charge on any atom is 0.231 e. The van der Waals surface area contributed by atoms with Crippen molar-refractivity contribution in [1.29, 1.82) is 0 Å². The summed E-state index contributed by atoms with van der Waals surface area (Å²) in [6, 6.07) is 16.3. The minimum Gasteiger partial charge on any atom is -0.454 e. The van der Waals surface area contributed by atoms with Crippen LogP contribution < -0.4 is 19.7 Å². The van der Waals surface area contributed by atoms with Crippen LogP contribution in [0.3, 0.4) is 0 Å². The highest BCUT2D eigenvalue weighted by atomic mass is 16.7. The second kappa shape index (κ2) is 6.46. The van der Waals surface area contributed by atoms with Gasteiger partial charge < -0.3 is 19.7 Å². The van der Waals surface area contributed by atoms with Crippen LogP contribution in [0.2, 0.25) is 0 Å². The molecule has 0 aliphatic carbocycles. The van der Waals surface area contributed by atoms with Crippen LogP contribution in [0, 0.1) is 6.92 Å². The van der Waals surface area contributed by atoms with Crippen LogP contribution in [0.25, 0.3) is 0 Å². The van der Waals surface area contributed by atoms with E-state index >= 15 is 0 Å². The fraction of sp³-hybridized carbons (Fsp3) is 0.238. The Morgan fingerprint density at radius 1 is 1.00 bits per heavy atom. The molecule has 0 bridgehead atoms. The van der Waals surface area contributed by atoms with Crippen LogP contribution in [-0.4, -0.2) is 23.3 Å². The molecule has 3 heterocycles. The minimum absolute atomic E-state index is 0.262. The maximum atomic E-state index is 5.45. The molecule has 0 atom stereocenters. The molecule has 0 saturated heterocycles. The van der Waals surface area contributed by atoms with Gasteiger partial charge in [0.25, 0.3) is 0 Å². The average molecular weight is 360 g/mol. The number of rotatable bonds is 3. The van der Waals surface area contributed by atoms with Crippen molar-refractivity contribution in [3.8, 4) is 11.5 Å². The zero-order valence-electron chi connectivity index (χ0n) is 15.1. The normalized spacial score (nSPS) is 14.8. The SMILES string of the molecule is Cc1cc(N2CCCc3ccccc32)nc(Nc2ccc3c(c2)OCO3)n1. The summed E-state index contributed by atoms with van der Waals surface area (Å²) in [5.74, 6) is 2.99. The zero-order valence-corrected chi connectivity index (χ0v) is 15.1. The third kappa shape index (κ3) is 3.03. The second-order valence-electron chi connectivity index (χ2n) is 6.77. The van der Waals surface area contributed by atoms with E-state index in [9.17, 15) is 0 Å². The maximum absolute atomic E-state index is 5.45. The van der Waals surface area contributed by atoms with Crippen LogP contribution >= 0.6 is 0 Å². The lowest BCUT2D eigenvalue weighted by Crippen LogP contribution is -2.25. The fourth-order valence-electron chi connectivity index (χ4n) is 3.62. The van der Waals surface area contributed by atoms with Gasteiger partial charge in [0.1, 0.15) is 5.82 Å². The van der Waals surface area contributed by atoms with Crippen molar-refractivity contribution in [1.82, 2.24) is 9.97 Å². The van der Waals surface area contributed by atoms with E-state index in [2.05, 4.69) is 39.5 Å². The average Bonchev–Trinajstić information content (AvgIpc) is 3.15. The lowest BCUT2D eigenvalue weighted by atomic mass is 10.0. The molecule has 0 unspecified atom stereocenters. The number of ether oxygens (including phenoxy) is 2. The second-order valence-corrected chi connectivity index (χ2v) is 6.77. The number of hydrogen-bond acceptors (Lipinski definition) is 6. The van der Waals surface area contributed by atoms with Crippen molar-refractivity contribution < 1.29 is 9.47 Å². The van der Waals surface area contributed by atoms with E-state index in [-0.39, 0.29) is 6.79 Å². The molecule has 1 aromatic heterocycles. The summed E-state index contributed by atoms with van der Waals surface area (Å²) < 4.78 is 10.8. The van der Waals surface area contributed by atoms with E-state index in [1.807, 2.05) is 31.2 Å². The summed E-state index contributed by atoms with van der Waals surface area (Å²) in [7, 11) is 0. The van der Waals surface area contributed by atoms with Gasteiger partial charge in [0.15, 0.2) is 11.5 Å². The van der Waals surface area contributed by atoms with Crippen LogP contribution in [0.4, 0.5) is 23.1 Å². The van der Waals surface area contributed by atoms with Gasteiger partial charge in [0.05, 0.1) is 0 Å². The third-order valence-electron chi connectivity index (χ3n) is 4.86. The van der Waals surface area contributed by atoms with Gasteiger partial charge in [-0.05, 0) is 43.5 Å². The largest absolute Gasteiger partial charge is 0.454 e. The molecule has 0 spiro atoms. The molecule has 5 rings (SSSR count). The van der Waals surface area contributed by atoms with Gasteiger partial charge in [-0.1, -0.05) is 18.2 Å². The van der Waals surface area contributed by atoms with Gasteiger partial charge >= 0.3 is 0 Å². The van der Waals surface area contributed by atoms with Gasteiger partial charge in [-0.25, -0.2) is 4.98 Å². The minimum atomic E-state index is 0.262. The highest BCUT2D eigenvalue weighted by molar-refractivity contribution is 5.67. The number of para-hydroxylation sites is 1. The van der Waals surface area contributed by atoms with Crippen molar-refractivity contribution in [2.75, 3.05) is 23.6 Å². The summed E-state index contributed by atoms with van der Waals surface area (Å²) in [6.45, 7) is 3.21. The summed E-state index contributed by atoms with van der Waals surface area (Å²) >= 11 is 0. The molecule has 6 nitrogen and oxygen atoms in total. The topological polar surface area (TPSA) is 59.5 Å². The number of aromatic nitrogens is 2. The number of nitrogens with one attached hydrogen (secondary N) is 1. The zero-order chi connectivity index (χ0) is 18.2. The van der Waals surface area contributed by atoms with Crippen molar-refractivity contribution in [3.05, 3.63) is 59.8 Å². The lowest BCUT2D eigenvalue weighted by Gasteiger charge is -2.30. The van der Waals surface area contributed by atoms with E-state index in [0.717, 1.165) is 48.1 Å². The number of aryl methyl sites for hydroxylation is 2. The van der Waals surface area contributed by atoms with Crippen LogP contribution in [0.15, 0.2) is 48.5 Å². The van der Waals surface area contributed by atoms with Crippen LogP contribution in [0.1, 0.15) is 17.7 Å². The summed E-state index contributed by atoms with van der Waals surface area (Å²) in [4.78, 5) is 11.6. The van der Waals surface area contributed by atoms with E-state index in [1.54, 1.807) is 0 Å². The first-order valence-electron chi connectivity index (χ1n) is 9.14. The molecular formula is C21H20N4O2. The Bertz CT molecular complexity index is 1010. The summed E-state index contributed by atoms with van der Waals surface area (Å²) in [5.41, 5.74) is 4.39. The first-order valence-corrected chi connectivity index (χ1v) is 9.14. The van der Waals surface area contributed by atoms with Crippen molar-refractivity contribution >= 4 is 23.1 Å². The van der Waals surface area contributed by atoms with Gasteiger partial charge in [-0.3, -0.25) is 0 Å². The number of anilines is 4. The first kappa shape index (κ1) is 15.9. The fourth-order valence-corrected chi connectivity index (χ4v) is 3.62. The Kier molecular flexibility index (Phi) is 3.81. The molecule has 2 aliphatic rings. The van der Waals surface area contributed by atoms with Gasteiger partial charge in [-0.15, -0.1) is 0 Å². The van der Waals surface area contributed by atoms with Crippen LogP contribution in [0.5, 0.6) is 11.5 Å². The Balaban J connectivity index is 1.47. The summed E-state index contributed by atoms with van der Waals surface area (Å²) in [6.07, 6.45) is 2.23. The lowest BCUT2D eigenvalue weighted by molar-refractivity contribution is 0.174. The highest BCUT2D eigenvalue weighted by Gasteiger charge is 2.20. The van der Waals surface area contributed by atoms with E-state index < -0.39 is 0 Å². The quantitative estimate of drug-likeness (QED) is 0.750. The highest BCUT2D eigenvalue weighted by Crippen LogP contribution is 2.36. The molecule has 3 aromatic rings. The molecule has 2 aliphatic heterocycles. The van der Waals surface area contributed by atoms with Gasteiger partial charge in [0.2, 0.25) is 12.7 Å². The Labute approximate surface area is 157 Å². The molecule has 0 fully saturated rings. The first-order chi connectivity index (χ1) is 13.3. The third-order valence-corrected chi connectivity index (χ3v) is 4.86. The number of benzene rings is 2. The summed E-state index contributed by atoms with van der Waals surface area (Å²) in [5, 5.41) is 3.29. The van der Waals surface area contributed by atoms with E-state index in [4.69, 9.17) is 14.5 Å². The van der Waals surface area contributed by atoms with Crippen molar-refractivity contribution in [3.63, 3.8) is 0 Å². The predicted molar refractivity (Wildman–Crippen MR) is 104 cm³/mol. The van der Waals surface area contributed by atoms with Crippen molar-refractivity contribution in [2.45, 2.75) is 19.8 Å². The monoisotopic (exact) mass is 360 g/mol. The molecular weight excluding hydrogens is 340 g/mol. The molecule has 136 valence electrons. The molecule has 2 aromatic carbocycles. The van der Waals surface area contributed by atoms with E-state index in [1.165, 1.54) is 11.3 Å². The molecule has 27 heavy (non-hydrogen) atoms. The predicted octanol–water partition coefficient (Wildman–Crippen LogP) is 4.34. The Morgan fingerprint density at radius 2 is 1.89 bits per heavy atom. The number of nitrogens with zero attached hydrogens (tertiary/aromatic N) is 3. The molecule has 0 amide bonds. The molecule has 6 heteroatoms. The standard InChI is InChI=1S/C21H20N4O2/c1-14-11-20(25-10-4-6-15-5-2-3-7-17(15)25)24-21(22-14)23-16-8-9-18-19(12-16)27-13-26-18/h2-3,5,7-9,11-12H,4,6,10,13H2,1H3,(H,22,23,24). The molecule has 0 saturated carbocycles. The van der Waals surface area contributed by atoms with Gasteiger partial charge in [0, 0.05) is 35.7 Å². The molecule has 0 radical (unpaired) electrons. The van der Waals surface area contributed by atoms with Gasteiger partial charge in [-0.2, -0.15) is 4.98 Å².